The van der Waals surface area contributed by atoms with Crippen molar-refractivity contribution in [3.05, 3.63) is 0 Å². The number of nitrogens with one attached hydrogen (secondary N) is 2. The molecule has 4 N–H and O–H groups in total. The maximum Gasteiger partial charge on any atom is 0.277 e. The Balaban J connectivity index is 2.83. The van der Waals surface area contributed by atoms with Gasteiger partial charge in [0.25, 0.3) is 10.2 Å². The molecule has 100 valence electrons. The van der Waals surface area contributed by atoms with Gasteiger partial charge >= 0.3 is 0 Å². The molecular formula is C10H21N3O2S2. The number of nitrogens with two attached hydrogens (primary N) is 1. The van der Waals surface area contributed by atoms with Gasteiger partial charge in [0.1, 0.15) is 0 Å². The normalized spacial score (nSPS) is 30.1. The van der Waals surface area contributed by atoms with Crippen LogP contribution in [0.15, 0.2) is 0 Å². The fourth-order valence-electron chi connectivity index (χ4n) is 2.29. The maximum atomic E-state index is 11.6. The summed E-state index contributed by atoms with van der Waals surface area (Å²) in [6.45, 7) is 2.15. The van der Waals surface area contributed by atoms with Crippen LogP contribution in [0.2, 0.25) is 0 Å². The molecule has 0 aromatic carbocycles. The van der Waals surface area contributed by atoms with Crippen LogP contribution in [0.4, 0.5) is 0 Å². The van der Waals surface area contributed by atoms with Gasteiger partial charge < -0.3 is 5.73 Å². The van der Waals surface area contributed by atoms with Crippen LogP contribution in [-0.4, -0.2) is 26.0 Å². The summed E-state index contributed by atoms with van der Waals surface area (Å²) >= 11 is 5.04. The molecule has 0 saturated heterocycles. The Bertz CT molecular complexity index is 373. The minimum Gasteiger partial charge on any atom is -0.392 e. The second-order valence-corrected chi connectivity index (χ2v) is 6.67. The predicted octanol–water partition coefficient (Wildman–Crippen LogP) is 0.665. The first-order valence-corrected chi connectivity index (χ1v) is 7.76. The number of hydrogen-bond donors (Lipinski definition) is 3. The van der Waals surface area contributed by atoms with E-state index in [9.17, 15) is 8.42 Å². The minimum atomic E-state index is -3.51. The molecule has 0 heterocycles. The van der Waals surface area contributed by atoms with Gasteiger partial charge in [-0.25, -0.2) is 4.72 Å². The molecule has 7 heteroatoms. The Kier molecular flexibility index (Phi) is 4.88. The van der Waals surface area contributed by atoms with Crippen LogP contribution in [0.3, 0.4) is 0 Å². The zero-order valence-corrected chi connectivity index (χ0v) is 12.0. The molecule has 0 amide bonds. The van der Waals surface area contributed by atoms with Crippen LogP contribution in [0.5, 0.6) is 0 Å². The van der Waals surface area contributed by atoms with Gasteiger partial charge in [0.05, 0.1) is 10.5 Å². The second-order valence-electron chi connectivity index (χ2n) is 4.61. The van der Waals surface area contributed by atoms with Crippen molar-refractivity contribution in [3.8, 4) is 0 Å². The van der Waals surface area contributed by atoms with Gasteiger partial charge in [0.15, 0.2) is 0 Å². The van der Waals surface area contributed by atoms with Crippen molar-refractivity contribution in [1.82, 2.24) is 9.44 Å². The molecule has 5 nitrogen and oxygen atoms in total. The van der Waals surface area contributed by atoms with Gasteiger partial charge in [-0.3, -0.25) is 0 Å². The van der Waals surface area contributed by atoms with E-state index in [1.165, 1.54) is 7.05 Å². The average Bonchev–Trinajstić information content (AvgIpc) is 2.29. The van der Waals surface area contributed by atoms with Gasteiger partial charge in [-0.2, -0.15) is 13.1 Å². The van der Waals surface area contributed by atoms with Gasteiger partial charge in [-0.1, -0.05) is 25.6 Å². The van der Waals surface area contributed by atoms with E-state index in [2.05, 4.69) is 16.4 Å². The highest BCUT2D eigenvalue weighted by atomic mass is 32.2. The molecular weight excluding hydrogens is 258 g/mol. The number of hydrogen-bond acceptors (Lipinski definition) is 3. The molecule has 17 heavy (non-hydrogen) atoms. The summed E-state index contributed by atoms with van der Waals surface area (Å²) in [5, 5.41) is 0. The van der Waals surface area contributed by atoms with Crippen LogP contribution in [0.25, 0.3) is 0 Å². The molecule has 0 aliphatic heterocycles. The van der Waals surface area contributed by atoms with Crippen molar-refractivity contribution >= 4 is 27.4 Å². The van der Waals surface area contributed by atoms with E-state index < -0.39 is 15.7 Å². The quantitative estimate of drug-likeness (QED) is 0.646. The first-order valence-electron chi connectivity index (χ1n) is 5.87. The highest BCUT2D eigenvalue weighted by Crippen LogP contribution is 2.34. The van der Waals surface area contributed by atoms with Gasteiger partial charge in [0.2, 0.25) is 0 Å². The largest absolute Gasteiger partial charge is 0.392 e. The minimum absolute atomic E-state index is 0.242. The highest BCUT2D eigenvalue weighted by molar-refractivity contribution is 7.87. The van der Waals surface area contributed by atoms with E-state index in [4.69, 9.17) is 18.0 Å². The molecule has 0 bridgehead atoms. The van der Waals surface area contributed by atoms with Crippen LogP contribution in [0, 0.1) is 5.92 Å². The lowest BCUT2D eigenvalue weighted by molar-refractivity contribution is 0.268. The van der Waals surface area contributed by atoms with E-state index in [1.807, 2.05) is 0 Å². The van der Waals surface area contributed by atoms with Crippen molar-refractivity contribution in [2.24, 2.45) is 11.7 Å². The van der Waals surface area contributed by atoms with Crippen molar-refractivity contribution in [3.63, 3.8) is 0 Å². The van der Waals surface area contributed by atoms with E-state index >= 15 is 0 Å². The second kappa shape index (κ2) is 5.60. The lowest BCUT2D eigenvalue weighted by Gasteiger charge is -2.39. The summed E-state index contributed by atoms with van der Waals surface area (Å²) < 4.78 is 28.0. The van der Waals surface area contributed by atoms with E-state index in [1.54, 1.807) is 0 Å². The van der Waals surface area contributed by atoms with Gasteiger partial charge in [0, 0.05) is 7.05 Å². The molecule has 1 rings (SSSR count). The Labute approximate surface area is 109 Å². The lowest BCUT2D eigenvalue weighted by Crippen LogP contribution is -2.60. The van der Waals surface area contributed by atoms with E-state index in [0.29, 0.717) is 18.8 Å². The Hall–Kier alpha value is -0.240. The fourth-order valence-corrected chi connectivity index (χ4v) is 3.54. The standard InChI is InChI=1S/C10H21N3O2S2/c1-3-8-4-6-10(7-5-8,9(11)16)13-17(14,15)12-2/h8,12-13H,3-7H2,1-2H3,(H2,11,16). The summed E-state index contributed by atoms with van der Waals surface area (Å²) in [4.78, 5) is 0.242. The van der Waals surface area contributed by atoms with Crippen molar-refractivity contribution in [2.75, 3.05) is 7.05 Å². The molecule has 0 unspecified atom stereocenters. The molecule has 1 aliphatic carbocycles. The molecule has 1 saturated carbocycles. The summed E-state index contributed by atoms with van der Waals surface area (Å²) in [5.74, 6) is 0.650. The molecule has 0 atom stereocenters. The Morgan fingerprint density at radius 1 is 1.47 bits per heavy atom. The molecule has 1 aliphatic rings. The van der Waals surface area contributed by atoms with Crippen LogP contribution in [-0.2, 0) is 10.2 Å². The third-order valence-corrected chi connectivity index (χ3v) is 5.19. The average molecular weight is 279 g/mol. The van der Waals surface area contributed by atoms with E-state index in [0.717, 1.165) is 19.3 Å². The summed E-state index contributed by atoms with van der Waals surface area (Å²) in [6, 6.07) is 0. The van der Waals surface area contributed by atoms with E-state index in [-0.39, 0.29) is 4.99 Å². The van der Waals surface area contributed by atoms with Crippen molar-refractivity contribution in [1.29, 1.82) is 0 Å². The van der Waals surface area contributed by atoms with Crippen molar-refractivity contribution in [2.45, 2.75) is 44.6 Å². The SMILES string of the molecule is CCC1CCC(NS(=O)(=O)NC)(C(N)=S)CC1. The zero-order chi connectivity index (χ0) is 13.1. The van der Waals surface area contributed by atoms with Gasteiger partial charge in [-0.15, -0.1) is 0 Å². The highest BCUT2D eigenvalue weighted by Gasteiger charge is 2.40. The van der Waals surface area contributed by atoms with Crippen LogP contribution in [0.1, 0.15) is 39.0 Å². The zero-order valence-electron chi connectivity index (χ0n) is 10.3. The lowest BCUT2D eigenvalue weighted by atomic mass is 9.76. The smallest absolute Gasteiger partial charge is 0.277 e. The fraction of sp³-hybridized carbons (Fsp3) is 0.900. The number of rotatable bonds is 5. The Morgan fingerprint density at radius 2 is 2.00 bits per heavy atom. The summed E-state index contributed by atoms with van der Waals surface area (Å²) in [6.07, 6.45) is 4.40. The Morgan fingerprint density at radius 3 is 2.35 bits per heavy atom. The predicted molar refractivity (Wildman–Crippen MR) is 72.9 cm³/mol. The maximum absolute atomic E-state index is 11.6. The summed E-state index contributed by atoms with van der Waals surface area (Å²) in [5.41, 5.74) is 4.98. The molecule has 0 spiro atoms. The number of thiocarbonyl (C=S) groups is 1. The topological polar surface area (TPSA) is 84.2 Å². The monoisotopic (exact) mass is 279 g/mol. The third-order valence-electron chi connectivity index (χ3n) is 3.61. The first-order chi connectivity index (χ1) is 7.85. The van der Waals surface area contributed by atoms with Crippen LogP contribution < -0.4 is 15.2 Å². The summed E-state index contributed by atoms with van der Waals surface area (Å²) in [7, 11) is -2.15. The molecule has 0 aromatic heterocycles. The molecule has 0 aromatic rings. The van der Waals surface area contributed by atoms with Crippen LogP contribution >= 0.6 is 12.2 Å². The molecule has 1 fully saturated rings. The van der Waals surface area contributed by atoms with Gasteiger partial charge in [-0.05, 0) is 31.6 Å². The van der Waals surface area contributed by atoms with Crippen molar-refractivity contribution < 1.29 is 8.42 Å². The third kappa shape index (κ3) is 3.61. The first kappa shape index (κ1) is 14.8. The molecule has 0 radical (unpaired) electrons.